The summed E-state index contributed by atoms with van der Waals surface area (Å²) in [6.45, 7) is 5.96. The van der Waals surface area contributed by atoms with E-state index >= 15 is 0 Å². The molecule has 2 rings (SSSR count). The zero-order chi connectivity index (χ0) is 9.97. The fraction of sp³-hybridized carbons (Fsp3) is 0.900. The minimum absolute atomic E-state index is 0.128. The second kappa shape index (κ2) is 4.17. The van der Waals surface area contributed by atoms with Crippen LogP contribution < -0.4 is 10.6 Å². The van der Waals surface area contributed by atoms with Crippen molar-refractivity contribution in [2.24, 2.45) is 5.92 Å². The molecule has 2 saturated heterocycles. The SMILES string of the molecule is CC1CCN(C(=O)NC2CNC2)CC1. The van der Waals surface area contributed by atoms with Gasteiger partial charge in [-0.15, -0.1) is 0 Å². The van der Waals surface area contributed by atoms with Crippen molar-refractivity contribution in [1.29, 1.82) is 0 Å². The third-order valence-corrected chi connectivity index (χ3v) is 3.18. The first-order valence-electron chi connectivity index (χ1n) is 5.52. The minimum Gasteiger partial charge on any atom is -0.333 e. The average molecular weight is 197 g/mol. The van der Waals surface area contributed by atoms with Crippen LogP contribution in [0.15, 0.2) is 0 Å². The molecular weight excluding hydrogens is 178 g/mol. The zero-order valence-corrected chi connectivity index (χ0v) is 8.75. The lowest BCUT2D eigenvalue weighted by Gasteiger charge is -2.34. The zero-order valence-electron chi connectivity index (χ0n) is 8.75. The number of amides is 2. The van der Waals surface area contributed by atoms with E-state index in [0.29, 0.717) is 6.04 Å². The fourth-order valence-corrected chi connectivity index (χ4v) is 1.87. The van der Waals surface area contributed by atoms with Crippen LogP contribution in [-0.2, 0) is 0 Å². The van der Waals surface area contributed by atoms with Gasteiger partial charge in [-0.2, -0.15) is 0 Å². The van der Waals surface area contributed by atoms with Crippen molar-refractivity contribution in [2.75, 3.05) is 26.2 Å². The number of urea groups is 1. The summed E-state index contributed by atoms with van der Waals surface area (Å²) in [5.41, 5.74) is 0. The van der Waals surface area contributed by atoms with E-state index in [2.05, 4.69) is 17.6 Å². The van der Waals surface area contributed by atoms with E-state index in [9.17, 15) is 4.79 Å². The van der Waals surface area contributed by atoms with Crippen molar-refractivity contribution in [3.05, 3.63) is 0 Å². The van der Waals surface area contributed by atoms with E-state index in [4.69, 9.17) is 0 Å². The Balaban J connectivity index is 1.74. The van der Waals surface area contributed by atoms with Crippen LogP contribution in [-0.4, -0.2) is 43.2 Å². The molecule has 2 N–H and O–H groups in total. The van der Waals surface area contributed by atoms with Crippen molar-refractivity contribution in [3.8, 4) is 0 Å². The minimum atomic E-state index is 0.128. The number of nitrogens with one attached hydrogen (secondary N) is 2. The van der Waals surface area contributed by atoms with Crippen molar-refractivity contribution in [2.45, 2.75) is 25.8 Å². The largest absolute Gasteiger partial charge is 0.333 e. The van der Waals surface area contributed by atoms with E-state index < -0.39 is 0 Å². The summed E-state index contributed by atoms with van der Waals surface area (Å²) in [5.74, 6) is 0.782. The van der Waals surface area contributed by atoms with Gasteiger partial charge in [0.25, 0.3) is 0 Å². The highest BCUT2D eigenvalue weighted by molar-refractivity contribution is 5.74. The van der Waals surface area contributed by atoms with Gasteiger partial charge >= 0.3 is 6.03 Å². The van der Waals surface area contributed by atoms with Crippen molar-refractivity contribution >= 4 is 6.03 Å². The number of rotatable bonds is 1. The molecule has 4 heteroatoms. The number of hydrogen-bond acceptors (Lipinski definition) is 2. The summed E-state index contributed by atoms with van der Waals surface area (Å²) in [6, 6.07) is 0.491. The van der Waals surface area contributed by atoms with Gasteiger partial charge in [-0.05, 0) is 18.8 Å². The van der Waals surface area contributed by atoms with Gasteiger partial charge < -0.3 is 15.5 Å². The van der Waals surface area contributed by atoms with Crippen molar-refractivity contribution < 1.29 is 4.79 Å². The van der Waals surface area contributed by atoms with Gasteiger partial charge in [-0.3, -0.25) is 0 Å². The predicted molar refractivity (Wildman–Crippen MR) is 55.2 cm³/mol. The van der Waals surface area contributed by atoms with Crippen LogP contribution in [0.1, 0.15) is 19.8 Å². The first kappa shape index (κ1) is 9.77. The molecule has 80 valence electrons. The highest BCUT2D eigenvalue weighted by Crippen LogP contribution is 2.15. The average Bonchev–Trinajstić information content (AvgIpc) is 2.12. The normalized spacial score (nSPS) is 24.5. The molecule has 0 bridgehead atoms. The molecular formula is C10H19N3O. The van der Waals surface area contributed by atoms with E-state index in [1.807, 2.05) is 4.90 Å². The highest BCUT2D eigenvalue weighted by atomic mass is 16.2. The lowest BCUT2D eigenvalue weighted by Crippen LogP contribution is -2.59. The summed E-state index contributed by atoms with van der Waals surface area (Å²) >= 11 is 0. The van der Waals surface area contributed by atoms with Crippen LogP contribution >= 0.6 is 0 Å². The lowest BCUT2D eigenvalue weighted by molar-refractivity contribution is 0.166. The number of nitrogens with zero attached hydrogens (tertiary/aromatic N) is 1. The molecule has 0 aromatic carbocycles. The van der Waals surface area contributed by atoms with Gasteiger partial charge in [0.2, 0.25) is 0 Å². The van der Waals surface area contributed by atoms with Crippen molar-refractivity contribution in [1.82, 2.24) is 15.5 Å². The molecule has 0 aromatic rings. The Morgan fingerprint density at radius 2 is 2.00 bits per heavy atom. The Labute approximate surface area is 85.0 Å². The van der Waals surface area contributed by atoms with Gasteiger partial charge in [0, 0.05) is 26.2 Å². The van der Waals surface area contributed by atoms with E-state index in [0.717, 1.165) is 44.9 Å². The maximum atomic E-state index is 11.7. The maximum absolute atomic E-state index is 11.7. The molecule has 0 aliphatic carbocycles. The quantitative estimate of drug-likeness (QED) is 0.639. The van der Waals surface area contributed by atoms with E-state index in [1.165, 1.54) is 0 Å². The van der Waals surface area contributed by atoms with Crippen LogP contribution in [0.4, 0.5) is 4.79 Å². The van der Waals surface area contributed by atoms with Gasteiger partial charge in [-0.25, -0.2) is 4.79 Å². The summed E-state index contributed by atoms with van der Waals surface area (Å²) in [5, 5.41) is 6.17. The van der Waals surface area contributed by atoms with Crippen LogP contribution in [0, 0.1) is 5.92 Å². The monoisotopic (exact) mass is 197 g/mol. The number of likely N-dealkylation sites (tertiary alicyclic amines) is 1. The molecule has 4 nitrogen and oxygen atoms in total. The second-order valence-corrected chi connectivity index (χ2v) is 4.47. The highest BCUT2D eigenvalue weighted by Gasteiger charge is 2.24. The van der Waals surface area contributed by atoms with E-state index in [-0.39, 0.29) is 6.03 Å². The van der Waals surface area contributed by atoms with Gasteiger partial charge in [0.1, 0.15) is 0 Å². The van der Waals surface area contributed by atoms with Gasteiger partial charge in [0.15, 0.2) is 0 Å². The Bertz CT molecular complexity index is 207. The molecule has 0 unspecified atom stereocenters. The van der Waals surface area contributed by atoms with Crippen LogP contribution in [0.3, 0.4) is 0 Å². The lowest BCUT2D eigenvalue weighted by atomic mass is 9.99. The number of carbonyl (C=O) groups excluding carboxylic acids is 1. The molecule has 0 radical (unpaired) electrons. The Kier molecular flexibility index (Phi) is 2.91. The molecule has 14 heavy (non-hydrogen) atoms. The third kappa shape index (κ3) is 2.18. The van der Waals surface area contributed by atoms with Gasteiger partial charge in [-0.1, -0.05) is 6.92 Å². The molecule has 2 amide bonds. The maximum Gasteiger partial charge on any atom is 0.317 e. The molecule has 0 atom stereocenters. The summed E-state index contributed by atoms with van der Waals surface area (Å²) in [4.78, 5) is 13.6. The molecule has 2 aliphatic heterocycles. The number of carbonyl (C=O) groups is 1. The summed E-state index contributed by atoms with van der Waals surface area (Å²) in [6.07, 6.45) is 2.30. The Morgan fingerprint density at radius 1 is 1.36 bits per heavy atom. The van der Waals surface area contributed by atoms with Crippen LogP contribution in [0.5, 0.6) is 0 Å². The molecule has 2 aliphatic rings. The second-order valence-electron chi connectivity index (χ2n) is 4.47. The first-order valence-corrected chi connectivity index (χ1v) is 5.52. The molecule has 0 saturated carbocycles. The predicted octanol–water partition coefficient (Wildman–Crippen LogP) is 0.400. The topological polar surface area (TPSA) is 44.4 Å². The molecule has 0 spiro atoms. The number of hydrogen-bond donors (Lipinski definition) is 2. The van der Waals surface area contributed by atoms with Gasteiger partial charge in [0.05, 0.1) is 6.04 Å². The molecule has 2 fully saturated rings. The smallest absolute Gasteiger partial charge is 0.317 e. The van der Waals surface area contributed by atoms with Crippen LogP contribution in [0.2, 0.25) is 0 Å². The Hall–Kier alpha value is -0.770. The summed E-state index contributed by atoms with van der Waals surface area (Å²) in [7, 11) is 0. The summed E-state index contributed by atoms with van der Waals surface area (Å²) < 4.78 is 0. The molecule has 2 heterocycles. The third-order valence-electron chi connectivity index (χ3n) is 3.18. The first-order chi connectivity index (χ1) is 6.75. The standard InChI is InChI=1S/C10H19N3O/c1-8-2-4-13(5-3-8)10(14)12-9-6-11-7-9/h8-9,11H,2-7H2,1H3,(H,12,14). The molecule has 0 aromatic heterocycles. The van der Waals surface area contributed by atoms with E-state index in [1.54, 1.807) is 0 Å². The number of piperidine rings is 1. The Morgan fingerprint density at radius 3 is 2.50 bits per heavy atom. The van der Waals surface area contributed by atoms with Crippen molar-refractivity contribution in [3.63, 3.8) is 0 Å². The van der Waals surface area contributed by atoms with Crippen LogP contribution in [0.25, 0.3) is 0 Å². The fourth-order valence-electron chi connectivity index (χ4n) is 1.87.